The maximum Gasteiger partial charge on any atom is 0.194 e. The second-order valence-corrected chi connectivity index (χ2v) is 48.4. The lowest BCUT2D eigenvalue weighted by molar-refractivity contribution is 0.103. The summed E-state index contributed by atoms with van der Waals surface area (Å²) in [5.74, 6) is 3.74. The molecule has 0 spiro atoms. The molecule has 0 amide bonds. The number of benzene rings is 3. The Balaban J connectivity index is 0.994. The molecule has 730 valence electrons. The normalized spacial score (nSPS) is 14.0. The fourth-order valence-electron chi connectivity index (χ4n) is 21.1. The van der Waals surface area contributed by atoms with Gasteiger partial charge in [0.25, 0.3) is 0 Å². The predicted molar refractivity (Wildman–Crippen MR) is 610 cm³/mol. The lowest BCUT2D eigenvalue weighted by Gasteiger charge is -2.13. The third kappa shape index (κ3) is 28.8. The number of rotatable bonds is 64. The molecule has 13 heteroatoms. The summed E-state index contributed by atoms with van der Waals surface area (Å²) >= 11 is 15.7. The van der Waals surface area contributed by atoms with Crippen LogP contribution in [0, 0.1) is 58.2 Å². The third-order valence-corrected chi connectivity index (χ3v) is 39.1. The first-order valence-electron chi connectivity index (χ1n) is 54.5. The minimum Gasteiger partial charge on any atom is -0.289 e. The number of allylic oxidation sites excluding steroid dienone is 6. The van der Waals surface area contributed by atoms with Gasteiger partial charge in [0.1, 0.15) is 29.4 Å². The number of Topliss-reactive ketones (excluding diaryl/α,β-unsaturated/α-hetero) is 2. The first-order chi connectivity index (χ1) is 67.8. The largest absolute Gasteiger partial charge is 0.289 e. The summed E-state index contributed by atoms with van der Waals surface area (Å²) in [7, 11) is 0. The van der Waals surface area contributed by atoms with E-state index in [1.165, 1.54) is 388 Å². The number of fused-ring (bicyclic) bond motifs is 4. The zero-order chi connectivity index (χ0) is 96.8. The van der Waals surface area contributed by atoms with Gasteiger partial charge in [-0.05, 0) is 182 Å². The van der Waals surface area contributed by atoms with Crippen LogP contribution in [0.2, 0.25) is 0 Å². The van der Waals surface area contributed by atoms with Gasteiger partial charge < -0.3 is 0 Å². The highest BCUT2D eigenvalue weighted by atomic mass is 32.1. The molecule has 2 aliphatic carbocycles. The van der Waals surface area contributed by atoms with Crippen molar-refractivity contribution in [1.29, 1.82) is 15.8 Å². The number of nitrogens with zero attached hydrogens (tertiary/aromatic N) is 3. The van der Waals surface area contributed by atoms with Gasteiger partial charge in [0.15, 0.2) is 11.6 Å². The summed E-state index contributed by atoms with van der Waals surface area (Å²) in [6.45, 7) is 18.7. The average Bonchev–Trinajstić information content (AvgIpc) is 1.55. The minimum atomic E-state index is -0.127. The van der Waals surface area contributed by atoms with E-state index in [2.05, 4.69) is 152 Å². The molecular weight excluding hydrogens is 1830 g/mol. The Bertz CT molecular complexity index is 5930. The zero-order valence-electron chi connectivity index (χ0n) is 84.9. The quantitative estimate of drug-likeness (QED) is 0.0163. The van der Waals surface area contributed by atoms with E-state index in [0.29, 0.717) is 50.8 Å². The summed E-state index contributed by atoms with van der Waals surface area (Å²) in [6.07, 6.45) is 76.8. The molecule has 0 radical (unpaired) electrons. The number of hydrogen-bond donors (Lipinski definition) is 0. The third-order valence-electron chi connectivity index (χ3n) is 29.2. The van der Waals surface area contributed by atoms with Crippen LogP contribution in [-0.4, -0.2) is 11.6 Å². The second kappa shape index (κ2) is 57.4. The Morgan fingerprint density at radius 3 is 1.04 bits per heavy atom. The van der Waals surface area contributed by atoms with Crippen molar-refractivity contribution < 1.29 is 9.59 Å². The molecule has 0 saturated carbocycles. The van der Waals surface area contributed by atoms with Crippen LogP contribution in [0.1, 0.15) is 437 Å². The van der Waals surface area contributed by atoms with Crippen LogP contribution in [-0.2, 0) is 38.5 Å². The lowest BCUT2D eigenvalue weighted by atomic mass is 9.95. The molecule has 0 N–H and O–H groups in total. The number of thiophene rings is 8. The van der Waals surface area contributed by atoms with E-state index < -0.39 is 0 Å². The van der Waals surface area contributed by atoms with Crippen molar-refractivity contribution in [3.63, 3.8) is 0 Å². The maximum absolute atomic E-state index is 14.9. The maximum atomic E-state index is 14.9. The number of ketones is 2. The van der Waals surface area contributed by atoms with Crippen LogP contribution in [0.15, 0.2) is 131 Å². The molecular formula is C125H155N3O2S8. The summed E-state index contributed by atoms with van der Waals surface area (Å²) in [6, 6.07) is 47.3. The number of carbonyl (C=O) groups is 2. The van der Waals surface area contributed by atoms with E-state index in [4.69, 9.17) is 6.42 Å². The predicted octanol–water partition coefficient (Wildman–Crippen LogP) is 42.1. The van der Waals surface area contributed by atoms with Gasteiger partial charge in [-0.25, -0.2) is 0 Å². The van der Waals surface area contributed by atoms with Gasteiger partial charge in [0, 0.05) is 133 Å². The molecule has 0 fully saturated rings. The monoisotopic (exact) mass is 1990 g/mol. The number of aryl methyl sites for hydroxylation is 4. The van der Waals surface area contributed by atoms with E-state index in [0.717, 1.165) is 85.9 Å². The van der Waals surface area contributed by atoms with Gasteiger partial charge in [0.2, 0.25) is 0 Å². The molecule has 5 nitrogen and oxygen atoms in total. The number of terminal acetylenes is 1. The Kier molecular flexibility index (Phi) is 44.7. The Hall–Kier alpha value is -7.89. The molecule has 0 aliphatic heterocycles. The van der Waals surface area contributed by atoms with Crippen LogP contribution >= 0.6 is 90.7 Å². The molecule has 8 heterocycles. The second-order valence-electron chi connectivity index (χ2n) is 39.7. The summed E-state index contributed by atoms with van der Waals surface area (Å²) in [5.41, 5.74) is 12.9. The molecule has 0 bridgehead atoms. The van der Waals surface area contributed by atoms with Crippen molar-refractivity contribution in [1.82, 2.24) is 0 Å². The standard InChI is InChI=1S/C125H155N3O2S8/c1-10-19-25-29-33-37-41-45-49-53-63-91-78-110(134-109(91)82-104-116(95(86-127)87-128)100-68-58-60-70-102(100)120(104)130)111-79-93(65-55-51-47-43-39-35-31-27-21-12-3)122(135-111)113-83-105-117(107-73-71-96(131-107)75-88(16-7)61-23-14-5)125-106(118(124(105)137-113)108-74-72-97(132-108)76-89(17-8)62-24-15-6)84-114(138-125)123-94(66-56-52-48-44-40-36-32-28-22-13-4)80-112(136-123)121-92(64-54-50-46-42-38-34-30-26-20-11-2)77-98(133-121)81-103-115(90(18-9)85-126)99-67-57-59-69-101(99)119(103)129/h9,57-60,67-74,77-84,88-89H,10-17,19-56,61-66,75-76H2,1-8H3/b103-81-,104-82-,115-90-. The number of unbranched alkanes of at least 4 members (excludes halogenated alkanes) is 38. The number of hydrogen-bond acceptors (Lipinski definition) is 13. The molecule has 8 aromatic heterocycles. The van der Waals surface area contributed by atoms with Crippen LogP contribution < -0.4 is 0 Å². The Morgan fingerprint density at radius 2 is 0.645 bits per heavy atom. The smallest absolute Gasteiger partial charge is 0.194 e. The summed E-state index contributed by atoms with van der Waals surface area (Å²) in [4.78, 5) is 47.9. The molecule has 138 heavy (non-hydrogen) atoms. The molecule has 2 unspecified atom stereocenters. The van der Waals surface area contributed by atoms with Gasteiger partial charge in [-0.3, -0.25) is 9.59 Å². The molecule has 11 aromatic rings. The van der Waals surface area contributed by atoms with Crippen LogP contribution in [0.5, 0.6) is 0 Å². The van der Waals surface area contributed by atoms with E-state index >= 15 is 0 Å². The fourth-order valence-corrected chi connectivity index (χ4v) is 31.3. The van der Waals surface area contributed by atoms with Crippen molar-refractivity contribution in [3.8, 4) is 90.4 Å². The zero-order valence-corrected chi connectivity index (χ0v) is 91.4. The van der Waals surface area contributed by atoms with Crippen LogP contribution in [0.4, 0.5) is 0 Å². The SMILES string of the molecule is C#C/C(C#N)=C1/C(=C/c2cc(CCCCCCCCCCCC)c(-c3cc(CCCCCCCCCCCC)c(-c4cc5c(-c6ccc(CC(CC)CCCC)s6)c6sc(-c7sc(-c8cc(CCCCCCCCCCCC)c(/C=C9\C(=O)c%10ccccc%10C9=C(C#N)C#N)s8)cc7CCCCCCCCCCCC)cc6c(-c6ccc(CC(CC)CCCC)s6)c5s4)s3)s2)C(=O)c2ccccc21. The van der Waals surface area contributed by atoms with Crippen molar-refractivity contribution in [2.24, 2.45) is 11.8 Å². The van der Waals surface area contributed by atoms with Gasteiger partial charge >= 0.3 is 0 Å². The molecule has 13 rings (SSSR count). The van der Waals surface area contributed by atoms with Crippen molar-refractivity contribution in [2.45, 2.75) is 402 Å². The first-order valence-corrected chi connectivity index (χ1v) is 61.0. The van der Waals surface area contributed by atoms with Crippen molar-refractivity contribution in [3.05, 3.63) is 196 Å². The minimum absolute atomic E-state index is 0.0244. The van der Waals surface area contributed by atoms with E-state index in [9.17, 15) is 25.4 Å². The lowest BCUT2D eigenvalue weighted by Crippen LogP contribution is -2.01. The summed E-state index contributed by atoms with van der Waals surface area (Å²) in [5, 5.41) is 34.5. The fraction of sp³-hybridized carbons (Fsp3) is 0.512. The first kappa shape index (κ1) is 107. The molecule has 2 aliphatic rings. The highest BCUT2D eigenvalue weighted by Gasteiger charge is 2.36. The van der Waals surface area contributed by atoms with Gasteiger partial charge in [-0.1, -0.05) is 392 Å². The van der Waals surface area contributed by atoms with Crippen LogP contribution in [0.3, 0.4) is 0 Å². The molecule has 2 atom stereocenters. The Labute approximate surface area is 863 Å². The number of nitriles is 3. The highest BCUT2D eigenvalue weighted by molar-refractivity contribution is 7.31. The van der Waals surface area contributed by atoms with Gasteiger partial charge in [0.05, 0.1) is 0 Å². The average molecular weight is 1990 g/mol. The molecule has 0 saturated heterocycles. The topological polar surface area (TPSA) is 106 Å². The van der Waals surface area contributed by atoms with E-state index in [1.54, 1.807) is 11.3 Å². The summed E-state index contributed by atoms with van der Waals surface area (Å²) < 4.78 is 2.75. The Morgan fingerprint density at radius 1 is 0.319 bits per heavy atom. The van der Waals surface area contributed by atoms with Crippen LogP contribution in [0.25, 0.3) is 103 Å². The number of carbonyl (C=O) groups excluding carboxylic acids is 2. The van der Waals surface area contributed by atoms with E-state index in [1.807, 2.05) is 128 Å². The molecule has 3 aromatic carbocycles. The van der Waals surface area contributed by atoms with Crippen molar-refractivity contribution >= 4 is 146 Å². The van der Waals surface area contributed by atoms with Gasteiger partial charge in [-0.2, -0.15) is 15.8 Å². The van der Waals surface area contributed by atoms with E-state index in [-0.39, 0.29) is 22.7 Å². The van der Waals surface area contributed by atoms with Crippen molar-refractivity contribution in [2.75, 3.05) is 0 Å². The highest BCUT2D eigenvalue weighted by Crippen LogP contribution is 2.58. The van der Waals surface area contributed by atoms with Gasteiger partial charge in [-0.15, -0.1) is 97.1 Å².